The molecule has 0 aromatic rings. The average molecular weight is 210 g/mol. The largest absolute Gasteiger partial charge is 0.461 e. The van der Waals surface area contributed by atoms with E-state index in [0.29, 0.717) is 0 Å². The van der Waals surface area contributed by atoms with Crippen molar-refractivity contribution in [1.29, 1.82) is 0 Å². The van der Waals surface area contributed by atoms with Gasteiger partial charge in [0.2, 0.25) is 0 Å². The molecule has 5 heteroatoms. The molecule has 3 unspecified atom stereocenters. The van der Waals surface area contributed by atoms with Gasteiger partial charge in [0.1, 0.15) is 10.7 Å². The molecule has 0 aliphatic rings. The fraction of sp³-hybridized carbons (Fsp3) is 0.857. The molecule has 0 bridgehead atoms. The Kier molecular flexibility index (Phi) is 5.57. The SMILES string of the molecule is CSC(C(C)OC(C)=O)S(C)=O. The number of esters is 1. The molecular weight excluding hydrogens is 196 g/mol. The molecule has 0 saturated carbocycles. The van der Waals surface area contributed by atoms with E-state index in [-0.39, 0.29) is 16.7 Å². The van der Waals surface area contributed by atoms with Gasteiger partial charge in [-0.3, -0.25) is 9.00 Å². The van der Waals surface area contributed by atoms with E-state index in [1.165, 1.54) is 18.7 Å². The van der Waals surface area contributed by atoms with Crippen molar-refractivity contribution in [3.05, 3.63) is 0 Å². The maximum atomic E-state index is 11.1. The van der Waals surface area contributed by atoms with Crippen LogP contribution in [0.5, 0.6) is 0 Å². The Balaban J connectivity index is 4.11. The zero-order valence-corrected chi connectivity index (χ0v) is 9.33. The van der Waals surface area contributed by atoms with Crippen LogP contribution < -0.4 is 0 Å². The van der Waals surface area contributed by atoms with Crippen molar-refractivity contribution in [3.8, 4) is 0 Å². The van der Waals surface area contributed by atoms with E-state index < -0.39 is 10.8 Å². The maximum absolute atomic E-state index is 11.1. The van der Waals surface area contributed by atoms with E-state index in [4.69, 9.17) is 4.74 Å². The van der Waals surface area contributed by atoms with Crippen LogP contribution in [-0.4, -0.2) is 33.4 Å². The van der Waals surface area contributed by atoms with Gasteiger partial charge in [-0.1, -0.05) is 0 Å². The number of rotatable bonds is 4. The summed E-state index contributed by atoms with van der Waals surface area (Å²) in [6.07, 6.45) is 3.18. The molecule has 0 amide bonds. The Morgan fingerprint density at radius 2 is 2.08 bits per heavy atom. The molecule has 0 fully saturated rings. The van der Waals surface area contributed by atoms with Crippen LogP contribution >= 0.6 is 11.8 Å². The lowest BCUT2D eigenvalue weighted by atomic mass is 10.5. The topological polar surface area (TPSA) is 43.4 Å². The highest BCUT2D eigenvalue weighted by molar-refractivity contribution is 8.10. The second-order valence-corrected chi connectivity index (χ2v) is 5.20. The number of carbonyl (C=O) groups excluding carboxylic acids is 1. The van der Waals surface area contributed by atoms with Crippen LogP contribution in [0.3, 0.4) is 0 Å². The summed E-state index contributed by atoms with van der Waals surface area (Å²) in [7, 11) is -0.964. The second-order valence-electron chi connectivity index (χ2n) is 2.42. The first-order valence-electron chi connectivity index (χ1n) is 3.51. The smallest absolute Gasteiger partial charge is 0.302 e. The lowest BCUT2D eigenvalue weighted by Crippen LogP contribution is -2.28. The molecule has 3 atom stereocenters. The van der Waals surface area contributed by atoms with Crippen molar-refractivity contribution in [2.75, 3.05) is 12.5 Å². The molecule has 3 nitrogen and oxygen atoms in total. The Morgan fingerprint density at radius 3 is 2.33 bits per heavy atom. The Bertz CT molecular complexity index is 181. The summed E-state index contributed by atoms with van der Waals surface area (Å²) < 4.78 is 15.9. The van der Waals surface area contributed by atoms with Gasteiger partial charge in [0.15, 0.2) is 0 Å². The number of thioether (sulfide) groups is 1. The number of carbonyl (C=O) groups is 1. The quantitative estimate of drug-likeness (QED) is 0.649. The fourth-order valence-electron chi connectivity index (χ4n) is 0.914. The van der Waals surface area contributed by atoms with Crippen molar-refractivity contribution in [2.24, 2.45) is 0 Å². The van der Waals surface area contributed by atoms with Crippen LogP contribution in [-0.2, 0) is 20.3 Å². The minimum absolute atomic E-state index is 0.131. The highest BCUT2D eigenvalue weighted by Gasteiger charge is 2.21. The van der Waals surface area contributed by atoms with Crippen LogP contribution in [0.2, 0.25) is 0 Å². The molecule has 0 aliphatic heterocycles. The Morgan fingerprint density at radius 1 is 1.58 bits per heavy atom. The third-order valence-corrected chi connectivity index (χ3v) is 4.57. The van der Waals surface area contributed by atoms with Crippen molar-refractivity contribution in [1.82, 2.24) is 0 Å². The van der Waals surface area contributed by atoms with Crippen LogP contribution in [0.1, 0.15) is 13.8 Å². The monoisotopic (exact) mass is 210 g/mol. The summed E-state index contributed by atoms with van der Waals surface area (Å²) in [5.41, 5.74) is 0. The highest BCUT2D eigenvalue weighted by Crippen LogP contribution is 2.16. The first-order chi connectivity index (χ1) is 5.49. The van der Waals surface area contributed by atoms with Crippen molar-refractivity contribution < 1.29 is 13.7 Å². The molecule has 0 radical (unpaired) electrons. The van der Waals surface area contributed by atoms with E-state index in [2.05, 4.69) is 0 Å². The van der Waals surface area contributed by atoms with E-state index in [0.717, 1.165) is 0 Å². The Hall–Kier alpha value is -0.0300. The predicted octanol–water partition coefficient (Wildman–Crippen LogP) is 1.01. The minimum Gasteiger partial charge on any atom is -0.461 e. The second kappa shape index (κ2) is 5.59. The van der Waals surface area contributed by atoms with E-state index in [9.17, 15) is 9.00 Å². The summed E-state index contributed by atoms with van der Waals surface area (Å²) in [6.45, 7) is 3.11. The van der Waals surface area contributed by atoms with Crippen LogP contribution in [0, 0.1) is 0 Å². The molecular formula is C7H14O3S2. The molecule has 0 N–H and O–H groups in total. The van der Waals surface area contributed by atoms with E-state index in [1.807, 2.05) is 6.26 Å². The van der Waals surface area contributed by atoms with Gasteiger partial charge in [-0.25, -0.2) is 0 Å². The molecule has 0 rings (SSSR count). The third-order valence-electron chi connectivity index (χ3n) is 1.29. The first kappa shape index (κ1) is 12.0. The van der Waals surface area contributed by atoms with Gasteiger partial charge in [-0.05, 0) is 13.2 Å². The van der Waals surface area contributed by atoms with Gasteiger partial charge < -0.3 is 4.74 Å². The lowest BCUT2D eigenvalue weighted by molar-refractivity contribution is -0.144. The van der Waals surface area contributed by atoms with Crippen molar-refractivity contribution in [2.45, 2.75) is 24.5 Å². The van der Waals surface area contributed by atoms with Gasteiger partial charge in [-0.15, -0.1) is 11.8 Å². The van der Waals surface area contributed by atoms with Crippen molar-refractivity contribution in [3.63, 3.8) is 0 Å². The van der Waals surface area contributed by atoms with Gasteiger partial charge in [0.25, 0.3) is 0 Å². The highest BCUT2D eigenvalue weighted by atomic mass is 32.2. The average Bonchev–Trinajstić information content (AvgIpc) is 1.85. The summed E-state index contributed by atoms with van der Waals surface area (Å²) in [6, 6.07) is 0. The molecule has 0 aromatic heterocycles. The van der Waals surface area contributed by atoms with Crippen molar-refractivity contribution >= 4 is 28.5 Å². The molecule has 0 heterocycles. The third kappa shape index (κ3) is 4.11. The van der Waals surface area contributed by atoms with Gasteiger partial charge >= 0.3 is 5.97 Å². The van der Waals surface area contributed by atoms with Crippen LogP contribution in [0.15, 0.2) is 0 Å². The molecule has 72 valence electrons. The zero-order valence-electron chi connectivity index (χ0n) is 7.70. The first-order valence-corrected chi connectivity index (χ1v) is 6.42. The lowest BCUT2D eigenvalue weighted by Gasteiger charge is -2.19. The number of hydrogen-bond donors (Lipinski definition) is 0. The summed E-state index contributed by atoms with van der Waals surface area (Å²) in [5.74, 6) is -0.327. The number of ether oxygens (including phenoxy) is 1. The normalized spacial score (nSPS) is 18.0. The summed E-state index contributed by atoms with van der Waals surface area (Å²) in [4.78, 5) is 10.6. The molecule has 12 heavy (non-hydrogen) atoms. The summed E-state index contributed by atoms with van der Waals surface area (Å²) in [5, 5.41) is 0. The molecule has 0 aromatic carbocycles. The zero-order chi connectivity index (χ0) is 9.72. The van der Waals surface area contributed by atoms with Gasteiger partial charge in [0.05, 0.1) is 0 Å². The minimum atomic E-state index is -0.964. The standard InChI is InChI=1S/C7H14O3S2/c1-5(10-6(2)8)7(11-3)12(4)9/h5,7H,1-4H3. The molecule has 0 spiro atoms. The van der Waals surface area contributed by atoms with E-state index >= 15 is 0 Å². The number of hydrogen-bond acceptors (Lipinski definition) is 4. The van der Waals surface area contributed by atoms with Gasteiger partial charge in [0, 0.05) is 24.0 Å². The fourth-order valence-corrected chi connectivity index (χ4v) is 3.03. The molecule has 0 aliphatic carbocycles. The predicted molar refractivity (Wildman–Crippen MR) is 52.6 cm³/mol. The summed E-state index contributed by atoms with van der Waals surface area (Å²) >= 11 is 1.45. The van der Waals surface area contributed by atoms with E-state index in [1.54, 1.807) is 13.2 Å². The molecule has 0 saturated heterocycles. The Labute approximate surface area is 79.7 Å². The van der Waals surface area contributed by atoms with Gasteiger partial charge in [-0.2, -0.15) is 0 Å². The van der Waals surface area contributed by atoms with Crippen LogP contribution in [0.4, 0.5) is 0 Å². The maximum Gasteiger partial charge on any atom is 0.302 e. The van der Waals surface area contributed by atoms with Crippen LogP contribution in [0.25, 0.3) is 0 Å².